The number of nitrogen functional groups attached to an aromatic ring is 1. The molecule has 0 heterocycles. The van der Waals surface area contributed by atoms with E-state index in [1.54, 1.807) is 0 Å². The molecule has 1 saturated carbocycles. The zero-order chi connectivity index (χ0) is 13.0. The highest BCUT2D eigenvalue weighted by Crippen LogP contribution is 2.38. The molecule has 18 heavy (non-hydrogen) atoms. The average Bonchev–Trinajstić information content (AvgIpc) is 2.39. The van der Waals surface area contributed by atoms with Crippen molar-refractivity contribution in [3.05, 3.63) is 23.8 Å². The topological polar surface area (TPSA) is 38.0 Å². The van der Waals surface area contributed by atoms with Gasteiger partial charge in [-0.25, -0.2) is 0 Å². The van der Waals surface area contributed by atoms with Crippen molar-refractivity contribution in [2.75, 3.05) is 23.9 Å². The van der Waals surface area contributed by atoms with Gasteiger partial charge < -0.3 is 11.1 Å². The summed E-state index contributed by atoms with van der Waals surface area (Å²) in [6.45, 7) is 3.18. The fourth-order valence-corrected chi connectivity index (χ4v) is 3.70. The quantitative estimate of drug-likeness (QED) is 0.806. The van der Waals surface area contributed by atoms with E-state index in [2.05, 4.69) is 24.6 Å². The molecule has 1 fully saturated rings. The molecular formula is C15H24N2S. The number of nitrogens with one attached hydrogen (secondary N) is 1. The molecule has 2 rings (SSSR count). The van der Waals surface area contributed by atoms with Gasteiger partial charge in [0.25, 0.3) is 0 Å². The predicted octanol–water partition coefficient (Wildman–Crippen LogP) is 4.06. The van der Waals surface area contributed by atoms with Gasteiger partial charge in [0.15, 0.2) is 0 Å². The third-order valence-corrected chi connectivity index (χ3v) is 5.47. The number of aryl methyl sites for hydroxylation is 1. The molecule has 0 unspecified atom stereocenters. The SMILES string of the molecule is CSC1(CNc2ccc(N)cc2C)CCCCC1. The van der Waals surface area contributed by atoms with Crippen LogP contribution in [0.5, 0.6) is 0 Å². The van der Waals surface area contributed by atoms with E-state index in [1.807, 2.05) is 23.9 Å². The van der Waals surface area contributed by atoms with E-state index in [0.717, 1.165) is 12.2 Å². The van der Waals surface area contributed by atoms with Gasteiger partial charge in [0.05, 0.1) is 0 Å². The minimum Gasteiger partial charge on any atom is -0.399 e. The lowest BCUT2D eigenvalue weighted by atomic mass is 9.88. The molecule has 0 saturated heterocycles. The van der Waals surface area contributed by atoms with Crippen LogP contribution in [0.25, 0.3) is 0 Å². The third-order valence-electron chi connectivity index (χ3n) is 4.05. The Morgan fingerprint density at radius 3 is 2.61 bits per heavy atom. The lowest BCUT2D eigenvalue weighted by molar-refractivity contribution is 0.411. The second-order valence-corrected chi connectivity index (χ2v) is 6.65. The normalized spacial score (nSPS) is 18.6. The number of thioether (sulfide) groups is 1. The molecule has 0 atom stereocenters. The molecule has 1 aromatic rings. The highest BCUT2D eigenvalue weighted by molar-refractivity contribution is 8.00. The van der Waals surface area contributed by atoms with Crippen molar-refractivity contribution < 1.29 is 0 Å². The molecule has 0 spiro atoms. The fraction of sp³-hybridized carbons (Fsp3) is 0.600. The fourth-order valence-electron chi connectivity index (χ4n) is 2.79. The van der Waals surface area contributed by atoms with E-state index in [0.29, 0.717) is 4.75 Å². The lowest BCUT2D eigenvalue weighted by Gasteiger charge is -2.36. The standard InChI is InChI=1S/C15H24N2S/c1-12-10-13(16)6-7-14(12)17-11-15(18-2)8-4-3-5-9-15/h6-7,10,17H,3-5,8-9,11,16H2,1-2H3. The van der Waals surface area contributed by atoms with E-state index >= 15 is 0 Å². The largest absolute Gasteiger partial charge is 0.399 e. The molecule has 1 aliphatic rings. The van der Waals surface area contributed by atoms with E-state index in [1.165, 1.54) is 43.4 Å². The van der Waals surface area contributed by atoms with Crippen LogP contribution >= 0.6 is 11.8 Å². The first-order valence-corrected chi connectivity index (χ1v) is 8.03. The molecule has 3 N–H and O–H groups in total. The molecule has 1 aromatic carbocycles. The highest BCUT2D eigenvalue weighted by Gasteiger charge is 2.30. The summed E-state index contributed by atoms with van der Waals surface area (Å²) in [4.78, 5) is 0. The third kappa shape index (κ3) is 3.14. The Kier molecular flexibility index (Phi) is 4.44. The van der Waals surface area contributed by atoms with Crippen molar-refractivity contribution in [1.82, 2.24) is 0 Å². The Balaban J connectivity index is 2.01. The Labute approximate surface area is 115 Å². The Bertz CT molecular complexity index is 397. The van der Waals surface area contributed by atoms with Crippen LogP contribution in [-0.2, 0) is 0 Å². The maximum absolute atomic E-state index is 5.79. The minimum atomic E-state index is 0.437. The van der Waals surface area contributed by atoms with Crippen molar-refractivity contribution in [1.29, 1.82) is 0 Å². The molecule has 1 aliphatic carbocycles. The summed E-state index contributed by atoms with van der Waals surface area (Å²) >= 11 is 2.03. The van der Waals surface area contributed by atoms with Crippen LogP contribution in [0.3, 0.4) is 0 Å². The Morgan fingerprint density at radius 1 is 1.28 bits per heavy atom. The van der Waals surface area contributed by atoms with Crippen molar-refractivity contribution >= 4 is 23.1 Å². The number of anilines is 2. The molecular weight excluding hydrogens is 240 g/mol. The van der Waals surface area contributed by atoms with Crippen LogP contribution < -0.4 is 11.1 Å². The molecule has 0 aliphatic heterocycles. The number of hydrogen-bond donors (Lipinski definition) is 2. The van der Waals surface area contributed by atoms with E-state index in [9.17, 15) is 0 Å². The first-order valence-electron chi connectivity index (χ1n) is 6.80. The van der Waals surface area contributed by atoms with Gasteiger partial charge >= 0.3 is 0 Å². The molecule has 100 valence electrons. The van der Waals surface area contributed by atoms with Gasteiger partial charge in [0.2, 0.25) is 0 Å². The monoisotopic (exact) mass is 264 g/mol. The summed E-state index contributed by atoms with van der Waals surface area (Å²) in [5.74, 6) is 0. The second kappa shape index (κ2) is 5.87. The van der Waals surface area contributed by atoms with Crippen LogP contribution in [-0.4, -0.2) is 17.5 Å². The zero-order valence-electron chi connectivity index (χ0n) is 11.5. The summed E-state index contributed by atoms with van der Waals surface area (Å²) in [7, 11) is 0. The Morgan fingerprint density at radius 2 is 2.00 bits per heavy atom. The lowest BCUT2D eigenvalue weighted by Crippen LogP contribution is -2.35. The highest BCUT2D eigenvalue weighted by atomic mass is 32.2. The van der Waals surface area contributed by atoms with Crippen molar-refractivity contribution in [2.45, 2.75) is 43.8 Å². The predicted molar refractivity (Wildman–Crippen MR) is 83.4 cm³/mol. The first-order chi connectivity index (χ1) is 8.65. The van der Waals surface area contributed by atoms with Gasteiger partial charge in [-0.15, -0.1) is 0 Å². The average molecular weight is 264 g/mol. The van der Waals surface area contributed by atoms with E-state index in [4.69, 9.17) is 5.73 Å². The minimum absolute atomic E-state index is 0.437. The smallest absolute Gasteiger partial charge is 0.0371 e. The van der Waals surface area contributed by atoms with Crippen molar-refractivity contribution in [3.63, 3.8) is 0 Å². The van der Waals surface area contributed by atoms with Crippen molar-refractivity contribution in [2.24, 2.45) is 0 Å². The Hall–Kier alpha value is -0.830. The maximum atomic E-state index is 5.79. The number of hydrogen-bond acceptors (Lipinski definition) is 3. The summed E-state index contributed by atoms with van der Waals surface area (Å²) in [5.41, 5.74) is 9.09. The molecule has 0 amide bonds. The summed E-state index contributed by atoms with van der Waals surface area (Å²) in [5, 5.41) is 3.63. The van der Waals surface area contributed by atoms with Crippen molar-refractivity contribution in [3.8, 4) is 0 Å². The van der Waals surface area contributed by atoms with Crippen LogP contribution in [0.2, 0.25) is 0 Å². The van der Waals surface area contributed by atoms with Crippen LogP contribution in [0.15, 0.2) is 18.2 Å². The molecule has 0 bridgehead atoms. The van der Waals surface area contributed by atoms with Gasteiger partial charge in [-0.05, 0) is 49.8 Å². The van der Waals surface area contributed by atoms with Crippen LogP contribution in [0, 0.1) is 6.92 Å². The van der Waals surface area contributed by atoms with Gasteiger partial charge in [-0.2, -0.15) is 11.8 Å². The zero-order valence-corrected chi connectivity index (χ0v) is 12.3. The second-order valence-electron chi connectivity index (χ2n) is 5.38. The number of rotatable bonds is 4. The van der Waals surface area contributed by atoms with Gasteiger partial charge in [-0.1, -0.05) is 19.3 Å². The van der Waals surface area contributed by atoms with E-state index < -0.39 is 0 Å². The molecule has 3 heteroatoms. The number of nitrogens with two attached hydrogens (primary N) is 1. The van der Waals surface area contributed by atoms with Gasteiger partial charge in [-0.3, -0.25) is 0 Å². The van der Waals surface area contributed by atoms with Gasteiger partial charge in [0, 0.05) is 22.7 Å². The summed E-state index contributed by atoms with van der Waals surface area (Å²) in [6, 6.07) is 6.11. The summed E-state index contributed by atoms with van der Waals surface area (Å²) < 4.78 is 0.437. The van der Waals surface area contributed by atoms with Crippen LogP contribution in [0.4, 0.5) is 11.4 Å². The molecule has 0 aromatic heterocycles. The first kappa shape index (κ1) is 13.6. The summed E-state index contributed by atoms with van der Waals surface area (Å²) in [6.07, 6.45) is 9.10. The molecule has 0 radical (unpaired) electrons. The van der Waals surface area contributed by atoms with Gasteiger partial charge in [0.1, 0.15) is 0 Å². The van der Waals surface area contributed by atoms with Crippen LogP contribution in [0.1, 0.15) is 37.7 Å². The van der Waals surface area contributed by atoms with E-state index in [-0.39, 0.29) is 0 Å². The number of benzene rings is 1. The maximum Gasteiger partial charge on any atom is 0.0371 e. The molecule has 2 nitrogen and oxygen atoms in total.